The predicted octanol–water partition coefficient (Wildman–Crippen LogP) is 1.38. The summed E-state index contributed by atoms with van der Waals surface area (Å²) in [6.07, 6.45) is 0. The molecule has 0 fully saturated rings. The number of nitrogens with one attached hydrogen (secondary N) is 1. The molecule has 2 N–H and O–H groups in total. The lowest BCUT2D eigenvalue weighted by atomic mass is 10.2. The fraction of sp³-hybridized carbons (Fsp3) is 0.333. The summed E-state index contributed by atoms with van der Waals surface area (Å²) in [6, 6.07) is 7.10. The molecule has 0 amide bonds. The Morgan fingerprint density at radius 1 is 1.54 bits per heavy atom. The summed E-state index contributed by atoms with van der Waals surface area (Å²) in [6.45, 7) is 3.65. The van der Waals surface area contributed by atoms with Crippen molar-refractivity contribution in [3.8, 4) is 0 Å². The zero-order valence-corrected chi connectivity index (χ0v) is 8.30. The van der Waals surface area contributed by atoms with Crippen LogP contribution in [-0.2, 0) is 17.6 Å². The standard InChI is InChI=1S/C9H13NO2S/c1-2-10-7-8-4-3-5-9(6-8)13(11)12/h3-6,10H,2,7H2,1H3,(H,11,12). The second-order valence-corrected chi connectivity index (χ2v) is 3.65. The van der Waals surface area contributed by atoms with Crippen molar-refractivity contribution in [2.75, 3.05) is 6.54 Å². The fourth-order valence-electron chi connectivity index (χ4n) is 1.03. The van der Waals surface area contributed by atoms with E-state index in [-0.39, 0.29) is 0 Å². The maximum absolute atomic E-state index is 10.7. The van der Waals surface area contributed by atoms with E-state index in [1.54, 1.807) is 18.2 Å². The Bertz CT molecular complexity index is 301. The molecule has 0 spiro atoms. The maximum atomic E-state index is 10.7. The van der Waals surface area contributed by atoms with E-state index in [9.17, 15) is 4.21 Å². The molecule has 0 heterocycles. The molecule has 0 aliphatic rings. The minimum Gasteiger partial charge on any atom is -0.313 e. The third-order valence-corrected chi connectivity index (χ3v) is 2.34. The van der Waals surface area contributed by atoms with Crippen molar-refractivity contribution < 1.29 is 8.76 Å². The normalized spacial score (nSPS) is 12.8. The average Bonchev–Trinajstić information content (AvgIpc) is 2.15. The highest BCUT2D eigenvalue weighted by molar-refractivity contribution is 7.79. The zero-order valence-electron chi connectivity index (χ0n) is 7.49. The van der Waals surface area contributed by atoms with Gasteiger partial charge in [0, 0.05) is 6.54 Å². The lowest BCUT2D eigenvalue weighted by Crippen LogP contribution is -2.11. The molecule has 1 aromatic rings. The van der Waals surface area contributed by atoms with Gasteiger partial charge in [-0.2, -0.15) is 0 Å². The lowest BCUT2D eigenvalue weighted by Gasteiger charge is -2.02. The highest BCUT2D eigenvalue weighted by Gasteiger charge is 1.99. The van der Waals surface area contributed by atoms with Crippen LogP contribution in [0, 0.1) is 0 Å². The minimum absolute atomic E-state index is 0.454. The SMILES string of the molecule is CCNCc1cccc(S(=O)O)c1. The first kappa shape index (κ1) is 10.4. The number of benzene rings is 1. The third kappa shape index (κ3) is 3.26. The topological polar surface area (TPSA) is 49.3 Å². The van der Waals surface area contributed by atoms with E-state index in [0.29, 0.717) is 4.90 Å². The Labute approximate surface area is 80.5 Å². The molecule has 0 saturated carbocycles. The summed E-state index contributed by atoms with van der Waals surface area (Å²) >= 11 is -1.87. The Morgan fingerprint density at radius 3 is 2.92 bits per heavy atom. The van der Waals surface area contributed by atoms with Crippen LogP contribution >= 0.6 is 0 Å². The van der Waals surface area contributed by atoms with Gasteiger partial charge in [0.1, 0.15) is 0 Å². The highest BCUT2D eigenvalue weighted by atomic mass is 32.2. The lowest BCUT2D eigenvalue weighted by molar-refractivity contribution is 0.564. The van der Waals surface area contributed by atoms with Crippen LogP contribution in [-0.4, -0.2) is 15.3 Å². The van der Waals surface area contributed by atoms with Crippen molar-refractivity contribution >= 4 is 11.1 Å². The molecule has 1 aromatic carbocycles. The van der Waals surface area contributed by atoms with Gasteiger partial charge in [-0.1, -0.05) is 19.1 Å². The summed E-state index contributed by atoms with van der Waals surface area (Å²) in [5.41, 5.74) is 1.03. The fourth-order valence-corrected chi connectivity index (χ4v) is 1.48. The molecule has 0 bridgehead atoms. The summed E-state index contributed by atoms with van der Waals surface area (Å²) in [5, 5.41) is 3.15. The van der Waals surface area contributed by atoms with Gasteiger partial charge in [-0.25, -0.2) is 4.21 Å². The van der Waals surface area contributed by atoms with Crippen molar-refractivity contribution in [1.29, 1.82) is 0 Å². The van der Waals surface area contributed by atoms with Gasteiger partial charge in [0.15, 0.2) is 11.1 Å². The number of hydrogen-bond acceptors (Lipinski definition) is 2. The molecule has 0 aromatic heterocycles. The predicted molar refractivity (Wildman–Crippen MR) is 52.9 cm³/mol. The van der Waals surface area contributed by atoms with Crippen molar-refractivity contribution in [3.63, 3.8) is 0 Å². The second kappa shape index (κ2) is 5.11. The Kier molecular flexibility index (Phi) is 4.08. The third-order valence-electron chi connectivity index (χ3n) is 1.68. The summed E-state index contributed by atoms with van der Waals surface area (Å²) in [5.74, 6) is 0. The number of rotatable bonds is 4. The van der Waals surface area contributed by atoms with Crippen LogP contribution in [0.2, 0.25) is 0 Å². The molecular formula is C9H13NO2S. The molecule has 0 radical (unpaired) electrons. The first-order chi connectivity index (χ1) is 6.24. The van der Waals surface area contributed by atoms with E-state index < -0.39 is 11.1 Å². The van der Waals surface area contributed by atoms with E-state index in [2.05, 4.69) is 5.32 Å². The maximum Gasteiger partial charge on any atom is 0.186 e. The van der Waals surface area contributed by atoms with Crippen LogP contribution in [0.25, 0.3) is 0 Å². The van der Waals surface area contributed by atoms with Gasteiger partial charge in [0.25, 0.3) is 0 Å². The van der Waals surface area contributed by atoms with Crippen LogP contribution in [0.4, 0.5) is 0 Å². The first-order valence-electron chi connectivity index (χ1n) is 4.14. The second-order valence-electron chi connectivity index (χ2n) is 2.68. The van der Waals surface area contributed by atoms with E-state index in [4.69, 9.17) is 4.55 Å². The van der Waals surface area contributed by atoms with E-state index in [0.717, 1.165) is 18.7 Å². The van der Waals surface area contributed by atoms with E-state index in [1.807, 2.05) is 13.0 Å². The molecule has 1 rings (SSSR count). The Balaban J connectivity index is 2.73. The van der Waals surface area contributed by atoms with Gasteiger partial charge in [0.05, 0.1) is 4.90 Å². The molecular weight excluding hydrogens is 186 g/mol. The Hall–Kier alpha value is -0.710. The van der Waals surface area contributed by atoms with Gasteiger partial charge < -0.3 is 9.87 Å². The molecule has 72 valence electrons. The summed E-state index contributed by atoms with van der Waals surface area (Å²) < 4.78 is 19.5. The summed E-state index contributed by atoms with van der Waals surface area (Å²) in [7, 11) is 0. The zero-order chi connectivity index (χ0) is 9.68. The van der Waals surface area contributed by atoms with Crippen LogP contribution in [0.1, 0.15) is 12.5 Å². The van der Waals surface area contributed by atoms with Gasteiger partial charge in [0.2, 0.25) is 0 Å². The van der Waals surface area contributed by atoms with Crippen LogP contribution in [0.3, 0.4) is 0 Å². The molecule has 0 aliphatic heterocycles. The molecule has 0 aliphatic carbocycles. The Morgan fingerprint density at radius 2 is 2.31 bits per heavy atom. The molecule has 13 heavy (non-hydrogen) atoms. The largest absolute Gasteiger partial charge is 0.313 e. The van der Waals surface area contributed by atoms with Crippen LogP contribution in [0.15, 0.2) is 29.2 Å². The van der Waals surface area contributed by atoms with E-state index in [1.165, 1.54) is 0 Å². The highest BCUT2D eigenvalue weighted by Crippen LogP contribution is 2.07. The summed E-state index contributed by atoms with van der Waals surface area (Å²) in [4.78, 5) is 0.454. The van der Waals surface area contributed by atoms with Crippen molar-refractivity contribution in [2.45, 2.75) is 18.4 Å². The molecule has 1 atom stereocenters. The molecule has 3 nitrogen and oxygen atoms in total. The quantitative estimate of drug-likeness (QED) is 0.720. The molecule has 0 saturated heterocycles. The van der Waals surface area contributed by atoms with Gasteiger partial charge in [-0.3, -0.25) is 0 Å². The van der Waals surface area contributed by atoms with Gasteiger partial charge in [-0.05, 0) is 24.2 Å². The van der Waals surface area contributed by atoms with E-state index >= 15 is 0 Å². The van der Waals surface area contributed by atoms with Crippen LogP contribution < -0.4 is 5.32 Å². The smallest absolute Gasteiger partial charge is 0.186 e. The van der Waals surface area contributed by atoms with Crippen LogP contribution in [0.5, 0.6) is 0 Å². The number of hydrogen-bond donors (Lipinski definition) is 2. The van der Waals surface area contributed by atoms with Crippen molar-refractivity contribution in [1.82, 2.24) is 5.32 Å². The minimum atomic E-state index is -1.87. The first-order valence-corrected chi connectivity index (χ1v) is 5.25. The molecule has 4 heteroatoms. The monoisotopic (exact) mass is 199 g/mol. The van der Waals surface area contributed by atoms with Gasteiger partial charge in [-0.15, -0.1) is 0 Å². The van der Waals surface area contributed by atoms with Gasteiger partial charge >= 0.3 is 0 Å². The average molecular weight is 199 g/mol. The van der Waals surface area contributed by atoms with Crippen molar-refractivity contribution in [3.05, 3.63) is 29.8 Å². The van der Waals surface area contributed by atoms with Crippen molar-refractivity contribution in [2.24, 2.45) is 0 Å². The molecule has 1 unspecified atom stereocenters.